The molecule has 6 heterocycles. The maximum absolute atomic E-state index is 12.8. The molecule has 0 spiro atoms. The lowest BCUT2D eigenvalue weighted by Crippen LogP contribution is -2.29. The summed E-state index contributed by atoms with van der Waals surface area (Å²) in [6.07, 6.45) is 10.00. The van der Waals surface area contributed by atoms with Crippen LogP contribution < -0.4 is 0 Å². The minimum atomic E-state index is -0.323. The van der Waals surface area contributed by atoms with Crippen molar-refractivity contribution in [2.75, 3.05) is 13.6 Å². The molecule has 0 bridgehead atoms. The van der Waals surface area contributed by atoms with E-state index >= 15 is 0 Å². The van der Waals surface area contributed by atoms with E-state index in [2.05, 4.69) is 32.1 Å². The monoisotopic (exact) mass is 483 g/mol. The molecule has 0 N–H and O–H groups in total. The largest absolute Gasteiger partial charge is 0.302 e. The molecule has 0 unspecified atom stereocenters. The molecule has 182 valence electrons. The molecule has 1 aliphatic rings. The van der Waals surface area contributed by atoms with E-state index in [4.69, 9.17) is 0 Å². The van der Waals surface area contributed by atoms with Gasteiger partial charge in [-0.05, 0) is 68.9 Å². The van der Waals surface area contributed by atoms with Gasteiger partial charge in [-0.3, -0.25) is 19.4 Å². The molecular formula is C27H26FN7O. The summed E-state index contributed by atoms with van der Waals surface area (Å²) in [4.78, 5) is 21.8. The Morgan fingerprint density at radius 3 is 2.58 bits per heavy atom. The summed E-state index contributed by atoms with van der Waals surface area (Å²) in [6, 6.07) is 16.7. The number of fused-ring (bicyclic) bond motifs is 1. The number of carbonyl (C=O) groups is 1. The van der Waals surface area contributed by atoms with Gasteiger partial charge >= 0.3 is 0 Å². The van der Waals surface area contributed by atoms with Crippen LogP contribution in [0.15, 0.2) is 79.4 Å². The van der Waals surface area contributed by atoms with E-state index in [-0.39, 0.29) is 5.82 Å². The molecule has 0 saturated carbocycles. The third kappa shape index (κ3) is 5.06. The van der Waals surface area contributed by atoms with Crippen molar-refractivity contribution in [2.24, 2.45) is 0 Å². The quantitative estimate of drug-likeness (QED) is 0.345. The summed E-state index contributed by atoms with van der Waals surface area (Å²) in [5, 5.41) is 8.89. The number of likely N-dealkylation sites (N-methyl/N-ethyl adjacent to an activating group) is 1. The third-order valence-corrected chi connectivity index (χ3v) is 6.30. The van der Waals surface area contributed by atoms with Crippen LogP contribution in [0.25, 0.3) is 28.3 Å². The number of rotatable bonds is 5. The van der Waals surface area contributed by atoms with Gasteiger partial charge in [0.15, 0.2) is 6.29 Å². The lowest BCUT2D eigenvalue weighted by atomic mass is 10.1. The number of nitrogens with zero attached hydrogens (tertiary/aromatic N) is 7. The zero-order valence-corrected chi connectivity index (χ0v) is 19.9. The van der Waals surface area contributed by atoms with Gasteiger partial charge in [0.05, 0.1) is 35.2 Å². The second-order valence-electron chi connectivity index (χ2n) is 8.69. The number of hydrogen-bond acceptors (Lipinski definition) is 6. The van der Waals surface area contributed by atoms with E-state index in [0.29, 0.717) is 28.7 Å². The highest BCUT2D eigenvalue weighted by Crippen LogP contribution is 2.22. The van der Waals surface area contributed by atoms with E-state index in [9.17, 15) is 9.18 Å². The predicted molar refractivity (Wildman–Crippen MR) is 135 cm³/mol. The van der Waals surface area contributed by atoms with Gasteiger partial charge in [-0.25, -0.2) is 8.91 Å². The van der Waals surface area contributed by atoms with Crippen molar-refractivity contribution < 1.29 is 9.18 Å². The summed E-state index contributed by atoms with van der Waals surface area (Å²) in [5.41, 5.74) is 4.19. The first-order valence-electron chi connectivity index (χ1n) is 11.8. The summed E-state index contributed by atoms with van der Waals surface area (Å²) >= 11 is 0. The van der Waals surface area contributed by atoms with Crippen LogP contribution in [0.1, 0.15) is 23.2 Å². The van der Waals surface area contributed by atoms with Crippen molar-refractivity contribution in [1.82, 2.24) is 34.3 Å². The molecule has 1 atom stereocenters. The normalized spacial score (nSPS) is 15.6. The summed E-state index contributed by atoms with van der Waals surface area (Å²) < 4.78 is 16.5. The Kier molecular flexibility index (Phi) is 6.90. The average molecular weight is 484 g/mol. The number of pyridine rings is 3. The number of aldehydes is 1. The van der Waals surface area contributed by atoms with Gasteiger partial charge in [0, 0.05) is 24.6 Å². The Morgan fingerprint density at radius 2 is 1.86 bits per heavy atom. The lowest BCUT2D eigenvalue weighted by Gasteiger charge is -2.18. The summed E-state index contributed by atoms with van der Waals surface area (Å²) in [7, 11) is 2.16. The van der Waals surface area contributed by atoms with Crippen LogP contribution in [0.5, 0.6) is 0 Å². The van der Waals surface area contributed by atoms with Gasteiger partial charge in [0.1, 0.15) is 17.2 Å². The molecule has 0 aliphatic carbocycles. The molecule has 0 aromatic carbocycles. The Hall–Kier alpha value is -4.24. The first-order chi connectivity index (χ1) is 17.6. The Labute approximate surface area is 208 Å². The number of carbonyl (C=O) groups excluding carboxylic acids is 1. The van der Waals surface area contributed by atoms with Gasteiger partial charge in [0.2, 0.25) is 0 Å². The Balaban J connectivity index is 0.000000149. The van der Waals surface area contributed by atoms with Crippen LogP contribution in [0.3, 0.4) is 0 Å². The van der Waals surface area contributed by atoms with E-state index in [1.54, 1.807) is 16.8 Å². The summed E-state index contributed by atoms with van der Waals surface area (Å²) in [5.74, 6) is -0.323. The summed E-state index contributed by atoms with van der Waals surface area (Å²) in [6.45, 7) is 2.07. The zero-order valence-electron chi connectivity index (χ0n) is 19.9. The Morgan fingerprint density at radius 1 is 0.972 bits per heavy atom. The highest BCUT2D eigenvalue weighted by atomic mass is 19.1. The number of aromatic nitrogens is 6. The van der Waals surface area contributed by atoms with Crippen molar-refractivity contribution >= 4 is 11.8 Å². The third-order valence-electron chi connectivity index (χ3n) is 6.30. The molecule has 9 heteroatoms. The highest BCUT2D eigenvalue weighted by Gasteiger charge is 2.21. The van der Waals surface area contributed by atoms with Crippen molar-refractivity contribution in [3.8, 4) is 22.8 Å². The van der Waals surface area contributed by atoms with Crippen molar-refractivity contribution in [3.63, 3.8) is 0 Å². The lowest BCUT2D eigenvalue weighted by molar-refractivity contribution is 0.112. The average Bonchev–Trinajstić information content (AvgIpc) is 3.64. The fraction of sp³-hybridized carbons (Fsp3) is 0.222. The fourth-order valence-corrected chi connectivity index (χ4v) is 4.38. The fourth-order valence-electron chi connectivity index (χ4n) is 4.38. The van der Waals surface area contributed by atoms with Crippen LogP contribution in [-0.4, -0.2) is 60.2 Å². The number of likely N-dealkylation sites (tertiary alicyclic amines) is 1. The molecule has 6 rings (SSSR count). The topological polar surface area (TPSA) is 81.2 Å². The first kappa shape index (κ1) is 23.5. The second-order valence-corrected chi connectivity index (χ2v) is 8.69. The standard InChI is InChI=1S/C14H17FN4.C13H9N3O/c1-18-7-2-3-12(18)10-19-8-6-14(17-19)13-5-4-11(15)9-16-13;17-9-10-12-6-2-4-8-16(12)15-13(10)11-5-1-3-7-14-11/h4-6,8-9,12H,2-3,7,10H2,1H3;1-9H/t12-;/m0./s1. The van der Waals surface area contributed by atoms with Crippen LogP contribution in [0, 0.1) is 5.82 Å². The van der Waals surface area contributed by atoms with Crippen LogP contribution in [0.2, 0.25) is 0 Å². The molecule has 1 aliphatic heterocycles. The SMILES string of the molecule is CN1CCC[C@H]1Cn1ccc(-c2ccc(F)cn2)n1.O=Cc1c(-c2ccccn2)nn2ccccc12. The molecule has 36 heavy (non-hydrogen) atoms. The van der Waals surface area contributed by atoms with Gasteiger partial charge in [-0.1, -0.05) is 12.1 Å². The van der Waals surface area contributed by atoms with Crippen molar-refractivity contribution in [3.05, 3.63) is 90.8 Å². The van der Waals surface area contributed by atoms with Crippen molar-refractivity contribution in [2.45, 2.75) is 25.4 Å². The predicted octanol–water partition coefficient (Wildman–Crippen LogP) is 4.39. The number of halogens is 1. The van der Waals surface area contributed by atoms with Crippen LogP contribution in [-0.2, 0) is 6.54 Å². The van der Waals surface area contributed by atoms with Gasteiger partial charge in [-0.15, -0.1) is 0 Å². The molecule has 0 amide bonds. The van der Waals surface area contributed by atoms with Crippen LogP contribution >= 0.6 is 0 Å². The van der Waals surface area contributed by atoms with Crippen molar-refractivity contribution in [1.29, 1.82) is 0 Å². The molecule has 8 nitrogen and oxygen atoms in total. The van der Waals surface area contributed by atoms with E-state index in [1.165, 1.54) is 25.1 Å². The highest BCUT2D eigenvalue weighted by molar-refractivity contribution is 5.94. The minimum Gasteiger partial charge on any atom is -0.302 e. The maximum atomic E-state index is 12.8. The molecule has 5 aromatic rings. The Bertz CT molecular complexity index is 1450. The molecule has 1 saturated heterocycles. The van der Waals surface area contributed by atoms with Gasteiger partial charge in [-0.2, -0.15) is 10.2 Å². The van der Waals surface area contributed by atoms with E-state index in [0.717, 1.165) is 30.6 Å². The molecule has 1 fully saturated rings. The second kappa shape index (κ2) is 10.6. The van der Waals surface area contributed by atoms with Gasteiger partial charge < -0.3 is 4.90 Å². The van der Waals surface area contributed by atoms with E-state index in [1.807, 2.05) is 59.5 Å². The first-order valence-corrected chi connectivity index (χ1v) is 11.8. The zero-order chi connectivity index (χ0) is 24.9. The minimum absolute atomic E-state index is 0.323. The number of hydrogen-bond donors (Lipinski definition) is 0. The smallest absolute Gasteiger partial charge is 0.154 e. The van der Waals surface area contributed by atoms with Gasteiger partial charge in [0.25, 0.3) is 0 Å². The molecule has 0 radical (unpaired) electrons. The maximum Gasteiger partial charge on any atom is 0.154 e. The molecule has 5 aromatic heterocycles. The molecular weight excluding hydrogens is 457 g/mol. The van der Waals surface area contributed by atoms with Crippen LogP contribution in [0.4, 0.5) is 4.39 Å². The van der Waals surface area contributed by atoms with E-state index < -0.39 is 0 Å².